The lowest BCUT2D eigenvalue weighted by molar-refractivity contribution is -0.131. The van der Waals surface area contributed by atoms with Gasteiger partial charge in [-0.1, -0.05) is 67.2 Å². The van der Waals surface area contributed by atoms with Crippen molar-refractivity contribution in [3.05, 3.63) is 96.1 Å². The largest absolute Gasteiger partial charge is 0.478 e. The van der Waals surface area contributed by atoms with E-state index in [-0.39, 0.29) is 11.8 Å². The first-order chi connectivity index (χ1) is 14.6. The Morgan fingerprint density at radius 1 is 1.07 bits per heavy atom. The highest BCUT2D eigenvalue weighted by Gasteiger charge is 2.30. The van der Waals surface area contributed by atoms with Gasteiger partial charge in [0.2, 0.25) is 0 Å². The molecule has 1 heterocycles. The summed E-state index contributed by atoms with van der Waals surface area (Å²) in [6, 6.07) is 22.3. The zero-order valence-corrected chi connectivity index (χ0v) is 16.8. The van der Waals surface area contributed by atoms with Crippen LogP contribution in [0.25, 0.3) is 10.8 Å². The quantitative estimate of drug-likeness (QED) is 0.621. The van der Waals surface area contributed by atoms with Crippen LogP contribution in [0.2, 0.25) is 0 Å². The third-order valence-electron chi connectivity index (χ3n) is 5.04. The number of nitrogens with zero attached hydrogens (tertiary/aromatic N) is 1. The summed E-state index contributed by atoms with van der Waals surface area (Å²) in [4.78, 5) is 26.4. The summed E-state index contributed by atoms with van der Waals surface area (Å²) in [6.45, 7) is 3.83. The average Bonchev–Trinajstić information content (AvgIpc) is 2.78. The maximum Gasteiger partial charge on any atom is 0.327 e. The van der Waals surface area contributed by atoms with Crippen LogP contribution in [0.3, 0.4) is 0 Å². The zero-order chi connectivity index (χ0) is 21.5. The van der Waals surface area contributed by atoms with Crippen LogP contribution in [0.5, 0.6) is 0 Å². The van der Waals surface area contributed by atoms with Crippen LogP contribution in [-0.2, 0) is 4.79 Å². The molecular formula is C25H24N2O3. The Labute approximate surface area is 175 Å². The molecule has 152 valence electrons. The van der Waals surface area contributed by atoms with Gasteiger partial charge in [0.1, 0.15) is 0 Å². The van der Waals surface area contributed by atoms with Gasteiger partial charge in [-0.25, -0.2) is 9.79 Å². The van der Waals surface area contributed by atoms with E-state index in [9.17, 15) is 9.59 Å². The molecule has 4 rings (SSSR count). The fraction of sp³-hybridized carbons (Fsp3) is 0.160. The molecule has 1 unspecified atom stereocenters. The number of aliphatic imine (C=N–C) groups is 1. The van der Waals surface area contributed by atoms with Gasteiger partial charge in [0.15, 0.2) is 0 Å². The second kappa shape index (κ2) is 9.76. The van der Waals surface area contributed by atoms with Crippen molar-refractivity contribution in [3.8, 4) is 0 Å². The third-order valence-corrected chi connectivity index (χ3v) is 5.04. The number of carbonyl (C=O) groups excluding carboxylic acids is 1. The van der Waals surface area contributed by atoms with Crippen LogP contribution in [0, 0.1) is 0 Å². The van der Waals surface area contributed by atoms with Crippen LogP contribution < -0.4 is 5.32 Å². The van der Waals surface area contributed by atoms with Crippen molar-refractivity contribution >= 4 is 28.4 Å². The summed E-state index contributed by atoms with van der Waals surface area (Å²) < 4.78 is 0. The Morgan fingerprint density at radius 3 is 2.43 bits per heavy atom. The summed E-state index contributed by atoms with van der Waals surface area (Å²) in [5.41, 5.74) is 3.76. The van der Waals surface area contributed by atoms with Crippen molar-refractivity contribution in [3.63, 3.8) is 0 Å². The van der Waals surface area contributed by atoms with Gasteiger partial charge in [-0.15, -0.1) is 0 Å². The number of benzene rings is 3. The van der Waals surface area contributed by atoms with Crippen molar-refractivity contribution in [2.24, 2.45) is 4.99 Å². The van der Waals surface area contributed by atoms with Crippen molar-refractivity contribution in [2.75, 3.05) is 13.6 Å². The fourth-order valence-corrected chi connectivity index (χ4v) is 3.67. The lowest BCUT2D eigenvalue weighted by Gasteiger charge is -2.26. The lowest BCUT2D eigenvalue weighted by atomic mass is 9.81. The summed E-state index contributed by atoms with van der Waals surface area (Å²) >= 11 is 0. The summed E-state index contributed by atoms with van der Waals surface area (Å²) in [6.07, 6.45) is 1.74. The van der Waals surface area contributed by atoms with Crippen molar-refractivity contribution in [2.45, 2.75) is 12.3 Å². The molecule has 3 aromatic carbocycles. The predicted molar refractivity (Wildman–Crippen MR) is 120 cm³/mol. The highest BCUT2D eigenvalue weighted by molar-refractivity contribution is 6.21. The van der Waals surface area contributed by atoms with Gasteiger partial charge in [0, 0.05) is 23.1 Å². The number of nitrogens with one attached hydrogen (secondary N) is 1. The minimum Gasteiger partial charge on any atom is -0.478 e. The number of amides is 1. The molecule has 0 radical (unpaired) electrons. The number of carboxylic acids is 1. The number of carbonyl (C=O) groups is 2. The Morgan fingerprint density at radius 2 is 1.70 bits per heavy atom. The highest BCUT2D eigenvalue weighted by Crippen LogP contribution is 2.34. The number of fused-ring (bicyclic) bond motifs is 2. The SMILES string of the molecule is C=CC(=O)O.CNCCC1C(c2cccc3ccccc23)=NC(=O)c2ccccc21. The van der Waals surface area contributed by atoms with E-state index in [0.717, 1.165) is 46.8 Å². The summed E-state index contributed by atoms with van der Waals surface area (Å²) in [5.74, 6) is -1.00. The molecule has 1 amide bonds. The van der Waals surface area contributed by atoms with E-state index in [2.05, 4.69) is 47.2 Å². The van der Waals surface area contributed by atoms with Gasteiger partial charge < -0.3 is 10.4 Å². The molecule has 30 heavy (non-hydrogen) atoms. The van der Waals surface area contributed by atoms with Crippen molar-refractivity contribution in [1.82, 2.24) is 5.32 Å². The molecule has 1 aliphatic heterocycles. The Kier molecular flexibility index (Phi) is 6.88. The van der Waals surface area contributed by atoms with E-state index in [1.807, 2.05) is 43.4 Å². The van der Waals surface area contributed by atoms with Gasteiger partial charge in [0.05, 0.1) is 5.71 Å². The molecule has 0 bridgehead atoms. The molecule has 0 spiro atoms. The minimum atomic E-state index is -0.981. The smallest absolute Gasteiger partial charge is 0.327 e. The number of carboxylic acid groups (broad SMARTS) is 1. The monoisotopic (exact) mass is 400 g/mol. The second-order valence-corrected chi connectivity index (χ2v) is 6.90. The second-order valence-electron chi connectivity index (χ2n) is 6.90. The van der Waals surface area contributed by atoms with Gasteiger partial charge in [-0.2, -0.15) is 0 Å². The summed E-state index contributed by atoms with van der Waals surface area (Å²) in [7, 11) is 1.95. The van der Waals surface area contributed by atoms with Gasteiger partial charge in [-0.3, -0.25) is 4.79 Å². The molecule has 0 saturated carbocycles. The Hall–Kier alpha value is -3.57. The van der Waals surface area contributed by atoms with Crippen LogP contribution in [0.1, 0.15) is 33.8 Å². The molecule has 5 heteroatoms. The topological polar surface area (TPSA) is 78.8 Å². The summed E-state index contributed by atoms with van der Waals surface area (Å²) in [5, 5.41) is 13.1. The minimum absolute atomic E-state index is 0.118. The number of hydrogen-bond donors (Lipinski definition) is 2. The maximum absolute atomic E-state index is 12.6. The average molecular weight is 400 g/mol. The first-order valence-corrected chi connectivity index (χ1v) is 9.76. The first kappa shape index (κ1) is 21.1. The predicted octanol–water partition coefficient (Wildman–Crippen LogP) is 4.43. The molecule has 2 N–H and O–H groups in total. The molecule has 0 saturated heterocycles. The zero-order valence-electron chi connectivity index (χ0n) is 16.8. The molecule has 0 aliphatic carbocycles. The van der Waals surface area contributed by atoms with Gasteiger partial charge in [0.25, 0.3) is 5.91 Å². The molecular weight excluding hydrogens is 376 g/mol. The number of rotatable bonds is 5. The van der Waals surface area contributed by atoms with Crippen LogP contribution in [0.4, 0.5) is 0 Å². The normalized spacial score (nSPS) is 14.9. The first-order valence-electron chi connectivity index (χ1n) is 9.76. The van der Waals surface area contributed by atoms with Gasteiger partial charge in [-0.05, 0) is 42.4 Å². The number of aliphatic carboxylic acids is 1. The van der Waals surface area contributed by atoms with Crippen LogP contribution in [0.15, 0.2) is 84.4 Å². The van der Waals surface area contributed by atoms with E-state index in [0.29, 0.717) is 0 Å². The molecule has 3 aromatic rings. The Bertz CT molecular complexity index is 1110. The van der Waals surface area contributed by atoms with Crippen molar-refractivity contribution < 1.29 is 14.7 Å². The van der Waals surface area contributed by atoms with E-state index < -0.39 is 5.97 Å². The number of hydrogen-bond acceptors (Lipinski definition) is 3. The van der Waals surface area contributed by atoms with Crippen molar-refractivity contribution in [1.29, 1.82) is 0 Å². The fourth-order valence-electron chi connectivity index (χ4n) is 3.67. The molecule has 5 nitrogen and oxygen atoms in total. The standard InChI is InChI=1S/C22H20N2O.C3H4O2/c1-23-14-13-19-17-10-4-5-11-20(17)22(25)24-21(19)18-12-6-8-15-7-2-3-9-16(15)18;1-2-3(4)5/h2-12,19,23H,13-14H2,1H3;2H,1H2,(H,4,5). The van der Waals surface area contributed by atoms with E-state index in [1.54, 1.807) is 0 Å². The van der Waals surface area contributed by atoms with Crippen LogP contribution in [-0.4, -0.2) is 36.3 Å². The van der Waals surface area contributed by atoms with E-state index in [4.69, 9.17) is 5.11 Å². The Balaban J connectivity index is 0.000000461. The lowest BCUT2D eigenvalue weighted by Crippen LogP contribution is -2.26. The van der Waals surface area contributed by atoms with E-state index >= 15 is 0 Å². The maximum atomic E-state index is 12.6. The third kappa shape index (κ3) is 4.53. The van der Waals surface area contributed by atoms with Gasteiger partial charge >= 0.3 is 5.97 Å². The molecule has 1 atom stereocenters. The van der Waals surface area contributed by atoms with E-state index in [1.165, 1.54) is 5.39 Å². The molecule has 1 aliphatic rings. The molecule has 0 fully saturated rings. The van der Waals surface area contributed by atoms with Crippen LogP contribution >= 0.6 is 0 Å². The highest BCUT2D eigenvalue weighted by atomic mass is 16.4. The molecule has 0 aromatic heterocycles.